The monoisotopic (exact) mass is 363 g/mol. The van der Waals surface area contributed by atoms with Crippen LogP contribution in [0.2, 0.25) is 0 Å². The highest BCUT2D eigenvalue weighted by Crippen LogP contribution is 2.43. The Bertz CT molecular complexity index is 881. The maximum absolute atomic E-state index is 13.5. The first kappa shape index (κ1) is 18.0. The predicted octanol–water partition coefficient (Wildman–Crippen LogP) is 4.01. The fourth-order valence-electron chi connectivity index (χ4n) is 3.41. The fraction of sp³-hybridized carbons (Fsp3) is 0.389. The van der Waals surface area contributed by atoms with Crippen molar-refractivity contribution in [2.75, 3.05) is 7.11 Å². The van der Waals surface area contributed by atoms with Gasteiger partial charge in [-0.1, -0.05) is 6.07 Å². The van der Waals surface area contributed by atoms with Crippen molar-refractivity contribution >= 4 is 5.97 Å². The molecular weight excluding hydrogens is 347 g/mol. The number of nitriles is 1. The highest BCUT2D eigenvalue weighted by atomic mass is 19.4. The Morgan fingerprint density at radius 2 is 2.23 bits per heavy atom. The minimum absolute atomic E-state index is 0.0178. The van der Waals surface area contributed by atoms with Crippen LogP contribution >= 0.6 is 0 Å². The van der Waals surface area contributed by atoms with Crippen molar-refractivity contribution in [2.24, 2.45) is 0 Å². The van der Waals surface area contributed by atoms with Crippen LogP contribution in [0.25, 0.3) is 5.69 Å². The second kappa shape index (κ2) is 6.83. The van der Waals surface area contributed by atoms with Crippen molar-refractivity contribution in [3.05, 3.63) is 46.8 Å². The van der Waals surface area contributed by atoms with Crippen LogP contribution < -0.4 is 0 Å². The van der Waals surface area contributed by atoms with Gasteiger partial charge in [-0.3, -0.25) is 0 Å². The number of carbonyl (C=O) groups is 1. The zero-order valence-corrected chi connectivity index (χ0v) is 14.0. The van der Waals surface area contributed by atoms with E-state index in [1.807, 2.05) is 6.07 Å². The Morgan fingerprint density at radius 3 is 2.88 bits per heavy atom. The van der Waals surface area contributed by atoms with Gasteiger partial charge in [0, 0.05) is 23.6 Å². The summed E-state index contributed by atoms with van der Waals surface area (Å²) in [4.78, 5) is 11.7. The van der Waals surface area contributed by atoms with Crippen molar-refractivity contribution in [3.8, 4) is 11.8 Å². The topological polar surface area (TPSA) is 67.9 Å². The number of alkyl halides is 3. The Balaban J connectivity index is 2.18. The lowest BCUT2D eigenvalue weighted by atomic mass is 9.83. The fourth-order valence-corrected chi connectivity index (χ4v) is 3.41. The maximum Gasteiger partial charge on any atom is 0.435 e. The SMILES string of the molecule is COC(=O)c1cccc(-n2nc(C(F)(F)F)c3c2CCCC3CC#N)c1. The number of aromatic nitrogens is 2. The van der Waals surface area contributed by atoms with E-state index in [0.29, 0.717) is 30.6 Å². The number of hydrogen-bond acceptors (Lipinski definition) is 4. The molecule has 1 aliphatic rings. The molecule has 0 N–H and O–H groups in total. The number of methoxy groups -OCH3 is 1. The van der Waals surface area contributed by atoms with E-state index in [1.54, 1.807) is 12.1 Å². The molecule has 0 saturated carbocycles. The van der Waals surface area contributed by atoms with E-state index < -0.39 is 23.8 Å². The first-order chi connectivity index (χ1) is 12.4. The van der Waals surface area contributed by atoms with Crippen molar-refractivity contribution in [1.82, 2.24) is 9.78 Å². The van der Waals surface area contributed by atoms with E-state index >= 15 is 0 Å². The van der Waals surface area contributed by atoms with Gasteiger partial charge in [0.05, 0.1) is 24.4 Å². The van der Waals surface area contributed by atoms with Crippen molar-refractivity contribution < 1.29 is 22.7 Å². The summed E-state index contributed by atoms with van der Waals surface area (Å²) in [6.07, 6.45) is -2.95. The third-order valence-electron chi connectivity index (χ3n) is 4.51. The summed E-state index contributed by atoms with van der Waals surface area (Å²) < 4.78 is 46.6. The molecule has 0 bridgehead atoms. The van der Waals surface area contributed by atoms with E-state index in [4.69, 9.17) is 5.26 Å². The first-order valence-electron chi connectivity index (χ1n) is 8.11. The van der Waals surface area contributed by atoms with Crippen LogP contribution in [0.15, 0.2) is 24.3 Å². The third kappa shape index (κ3) is 3.17. The van der Waals surface area contributed by atoms with Crippen LogP contribution in [0, 0.1) is 11.3 Å². The molecule has 26 heavy (non-hydrogen) atoms. The number of ether oxygens (including phenoxy) is 1. The van der Waals surface area contributed by atoms with Crippen LogP contribution in [0.4, 0.5) is 13.2 Å². The summed E-state index contributed by atoms with van der Waals surface area (Å²) in [5.74, 6) is -1.07. The molecule has 8 heteroatoms. The quantitative estimate of drug-likeness (QED) is 0.773. The summed E-state index contributed by atoms with van der Waals surface area (Å²) >= 11 is 0. The predicted molar refractivity (Wildman–Crippen MR) is 85.8 cm³/mol. The third-order valence-corrected chi connectivity index (χ3v) is 4.51. The van der Waals surface area contributed by atoms with Gasteiger partial charge in [0.2, 0.25) is 0 Å². The first-order valence-corrected chi connectivity index (χ1v) is 8.11. The molecule has 0 amide bonds. The molecule has 1 unspecified atom stereocenters. The minimum Gasteiger partial charge on any atom is -0.465 e. The minimum atomic E-state index is -4.61. The zero-order valence-electron chi connectivity index (χ0n) is 14.0. The molecule has 1 heterocycles. The number of benzene rings is 1. The molecule has 2 aromatic rings. The molecule has 0 saturated heterocycles. The van der Waals surface area contributed by atoms with E-state index in [0.717, 1.165) is 0 Å². The Hall–Kier alpha value is -2.82. The van der Waals surface area contributed by atoms with Gasteiger partial charge in [0.25, 0.3) is 0 Å². The van der Waals surface area contributed by atoms with Gasteiger partial charge in [-0.2, -0.15) is 23.5 Å². The highest BCUT2D eigenvalue weighted by Gasteiger charge is 2.42. The number of nitrogens with zero attached hydrogens (tertiary/aromatic N) is 3. The van der Waals surface area contributed by atoms with E-state index in [2.05, 4.69) is 9.84 Å². The normalized spacial score (nSPS) is 16.7. The molecule has 1 atom stereocenters. The van der Waals surface area contributed by atoms with Crippen molar-refractivity contribution in [1.29, 1.82) is 5.26 Å². The van der Waals surface area contributed by atoms with Gasteiger partial charge in [-0.25, -0.2) is 9.48 Å². The van der Waals surface area contributed by atoms with E-state index in [1.165, 1.54) is 23.9 Å². The lowest BCUT2D eigenvalue weighted by molar-refractivity contribution is -0.142. The number of rotatable bonds is 3. The standard InChI is InChI=1S/C18H16F3N3O2/c1-26-17(25)12-5-2-6-13(10-12)24-14-7-3-4-11(8-9-22)15(14)16(23-24)18(19,20)21/h2,5-6,10-11H,3-4,7-8H2,1H3. The molecule has 3 rings (SSSR count). The van der Waals surface area contributed by atoms with Gasteiger partial charge >= 0.3 is 12.1 Å². The smallest absolute Gasteiger partial charge is 0.435 e. The average molecular weight is 363 g/mol. The molecule has 136 valence electrons. The average Bonchev–Trinajstić information content (AvgIpc) is 3.02. The largest absolute Gasteiger partial charge is 0.465 e. The van der Waals surface area contributed by atoms with Crippen LogP contribution in [0.1, 0.15) is 52.5 Å². The van der Waals surface area contributed by atoms with Crippen molar-refractivity contribution in [3.63, 3.8) is 0 Å². The Morgan fingerprint density at radius 1 is 1.46 bits per heavy atom. The number of esters is 1. The highest BCUT2D eigenvalue weighted by molar-refractivity contribution is 5.89. The summed E-state index contributed by atoms with van der Waals surface area (Å²) in [6.45, 7) is 0. The van der Waals surface area contributed by atoms with Gasteiger partial charge in [-0.05, 0) is 37.5 Å². The molecular formula is C18H16F3N3O2. The summed E-state index contributed by atoms with van der Waals surface area (Å²) in [5.41, 5.74) is 0.194. The van der Waals surface area contributed by atoms with Gasteiger partial charge in [-0.15, -0.1) is 0 Å². The molecule has 5 nitrogen and oxygen atoms in total. The van der Waals surface area contributed by atoms with Crippen molar-refractivity contribution in [2.45, 2.75) is 37.8 Å². The Labute approximate surface area is 148 Å². The number of hydrogen-bond donors (Lipinski definition) is 0. The molecule has 0 spiro atoms. The Kier molecular flexibility index (Phi) is 4.72. The molecule has 0 fully saturated rings. The molecule has 1 aromatic carbocycles. The van der Waals surface area contributed by atoms with Crippen LogP contribution in [-0.2, 0) is 17.3 Å². The summed E-state index contributed by atoms with van der Waals surface area (Å²) in [5, 5.41) is 12.8. The molecule has 1 aromatic heterocycles. The second-order valence-corrected chi connectivity index (χ2v) is 6.11. The maximum atomic E-state index is 13.5. The van der Waals surface area contributed by atoms with Crippen LogP contribution in [-0.4, -0.2) is 22.9 Å². The van der Waals surface area contributed by atoms with E-state index in [9.17, 15) is 18.0 Å². The molecule has 0 aliphatic heterocycles. The zero-order chi connectivity index (χ0) is 18.9. The summed E-state index contributed by atoms with van der Waals surface area (Å²) in [6, 6.07) is 8.10. The lowest BCUT2D eigenvalue weighted by Gasteiger charge is -2.22. The number of carbonyl (C=O) groups excluding carboxylic acids is 1. The van der Waals surface area contributed by atoms with Crippen LogP contribution in [0.5, 0.6) is 0 Å². The van der Waals surface area contributed by atoms with E-state index in [-0.39, 0.29) is 17.5 Å². The number of fused-ring (bicyclic) bond motifs is 1. The van der Waals surface area contributed by atoms with Gasteiger partial charge in [0.15, 0.2) is 5.69 Å². The van der Waals surface area contributed by atoms with Gasteiger partial charge < -0.3 is 4.74 Å². The number of halogens is 3. The molecule has 1 aliphatic carbocycles. The second-order valence-electron chi connectivity index (χ2n) is 6.11. The summed E-state index contributed by atoms with van der Waals surface area (Å²) in [7, 11) is 1.24. The lowest BCUT2D eigenvalue weighted by Crippen LogP contribution is -2.15. The van der Waals surface area contributed by atoms with Gasteiger partial charge in [0.1, 0.15) is 0 Å². The molecule has 0 radical (unpaired) electrons. The van der Waals surface area contributed by atoms with Crippen LogP contribution in [0.3, 0.4) is 0 Å².